The molecule has 0 amide bonds. The van der Waals surface area contributed by atoms with Crippen LogP contribution in [-0.4, -0.2) is 9.97 Å². The van der Waals surface area contributed by atoms with Gasteiger partial charge in [0, 0.05) is 12.1 Å². The van der Waals surface area contributed by atoms with Gasteiger partial charge in [0.25, 0.3) is 0 Å². The lowest BCUT2D eigenvalue weighted by Gasteiger charge is -1.94. The quantitative estimate of drug-likeness (QED) is 0.674. The van der Waals surface area contributed by atoms with Crippen LogP contribution in [0.1, 0.15) is 26.1 Å². The molecule has 0 N–H and O–H groups in total. The smallest absolute Gasteiger partial charge is 0.0998 e. The van der Waals surface area contributed by atoms with Crippen LogP contribution < -0.4 is 0 Å². The Morgan fingerprint density at radius 1 is 1.58 bits per heavy atom. The Kier molecular flexibility index (Phi) is 1.54. The Hall–Kier alpha value is -0.960. The SMILES string of the molecule is [3H]c1cc2sc(C(C)C)nc2cn1. The molecule has 0 saturated heterocycles. The van der Waals surface area contributed by atoms with Crippen molar-refractivity contribution < 1.29 is 1.37 Å². The Bertz CT molecular complexity index is 436. The lowest BCUT2D eigenvalue weighted by atomic mass is 10.2. The Balaban J connectivity index is 2.62. The van der Waals surface area contributed by atoms with E-state index in [2.05, 4.69) is 23.8 Å². The van der Waals surface area contributed by atoms with E-state index in [1.54, 1.807) is 23.6 Å². The first-order valence-electron chi connectivity index (χ1n) is 4.40. The number of nitrogens with zero attached hydrogens (tertiary/aromatic N) is 2. The minimum atomic E-state index is 0.312. The average Bonchev–Trinajstić information content (AvgIpc) is 2.46. The van der Waals surface area contributed by atoms with Crippen LogP contribution in [0.5, 0.6) is 0 Å². The number of thiazole rings is 1. The van der Waals surface area contributed by atoms with Gasteiger partial charge in [-0.25, -0.2) is 4.98 Å². The van der Waals surface area contributed by atoms with E-state index in [0.29, 0.717) is 12.1 Å². The third kappa shape index (κ3) is 1.20. The molecule has 2 heterocycles. The van der Waals surface area contributed by atoms with Crippen molar-refractivity contribution in [3.05, 3.63) is 23.4 Å². The molecule has 62 valence electrons. The molecule has 0 aliphatic rings. The molecule has 0 aliphatic heterocycles. The van der Waals surface area contributed by atoms with Gasteiger partial charge in [0.1, 0.15) is 0 Å². The maximum atomic E-state index is 7.36. The molecular weight excluding hydrogens is 168 g/mol. The van der Waals surface area contributed by atoms with Crippen molar-refractivity contribution in [2.24, 2.45) is 0 Å². The molecule has 2 nitrogen and oxygen atoms in total. The molecule has 0 aliphatic carbocycles. The minimum absolute atomic E-state index is 0.312. The molecular formula is C9H10N2S. The first-order valence-corrected chi connectivity index (χ1v) is 4.71. The predicted molar refractivity (Wildman–Crippen MR) is 51.5 cm³/mol. The monoisotopic (exact) mass is 180 g/mol. The number of hydrogen-bond acceptors (Lipinski definition) is 3. The van der Waals surface area contributed by atoms with E-state index >= 15 is 0 Å². The molecule has 2 aromatic heterocycles. The second-order valence-electron chi connectivity index (χ2n) is 2.99. The highest BCUT2D eigenvalue weighted by Crippen LogP contribution is 2.25. The summed E-state index contributed by atoms with van der Waals surface area (Å²) >= 11 is 1.65. The van der Waals surface area contributed by atoms with Crippen molar-refractivity contribution in [3.8, 4) is 0 Å². The molecule has 2 aromatic rings. The first kappa shape index (κ1) is 6.54. The fourth-order valence-corrected chi connectivity index (χ4v) is 1.92. The van der Waals surface area contributed by atoms with Crippen LogP contribution in [0.25, 0.3) is 10.2 Å². The van der Waals surface area contributed by atoms with Crippen LogP contribution in [0.4, 0.5) is 0 Å². The van der Waals surface area contributed by atoms with Crippen molar-refractivity contribution in [3.63, 3.8) is 0 Å². The highest BCUT2D eigenvalue weighted by Gasteiger charge is 2.05. The topological polar surface area (TPSA) is 25.8 Å². The van der Waals surface area contributed by atoms with Gasteiger partial charge in [-0.05, 0) is 6.07 Å². The summed E-state index contributed by atoms with van der Waals surface area (Å²) < 4.78 is 8.42. The molecule has 0 saturated carbocycles. The largest absolute Gasteiger partial charge is 0.262 e. The van der Waals surface area contributed by atoms with Crippen molar-refractivity contribution in [2.45, 2.75) is 19.8 Å². The van der Waals surface area contributed by atoms with E-state index in [1.807, 2.05) is 0 Å². The van der Waals surface area contributed by atoms with Crippen LogP contribution in [0.2, 0.25) is 0 Å². The van der Waals surface area contributed by atoms with Crippen LogP contribution in [0, 0.1) is 0 Å². The van der Waals surface area contributed by atoms with Crippen molar-refractivity contribution in [1.82, 2.24) is 9.97 Å². The molecule has 12 heavy (non-hydrogen) atoms. The lowest BCUT2D eigenvalue weighted by molar-refractivity contribution is 0.856. The van der Waals surface area contributed by atoms with E-state index in [0.717, 1.165) is 15.2 Å². The van der Waals surface area contributed by atoms with E-state index in [1.165, 1.54) is 0 Å². The number of rotatable bonds is 1. The Morgan fingerprint density at radius 3 is 3.17 bits per heavy atom. The van der Waals surface area contributed by atoms with Crippen molar-refractivity contribution >= 4 is 21.6 Å². The maximum absolute atomic E-state index is 7.36. The molecule has 2 rings (SSSR count). The lowest BCUT2D eigenvalue weighted by Crippen LogP contribution is -1.82. The zero-order chi connectivity index (χ0) is 9.42. The van der Waals surface area contributed by atoms with Gasteiger partial charge >= 0.3 is 0 Å². The molecule has 0 fully saturated rings. The summed E-state index contributed by atoms with van der Waals surface area (Å²) in [7, 11) is 0. The second kappa shape index (κ2) is 2.83. The van der Waals surface area contributed by atoms with E-state index in [-0.39, 0.29) is 0 Å². The van der Waals surface area contributed by atoms with Crippen LogP contribution >= 0.6 is 11.3 Å². The molecule has 0 atom stereocenters. The van der Waals surface area contributed by atoms with Crippen LogP contribution in [-0.2, 0) is 0 Å². The van der Waals surface area contributed by atoms with Gasteiger partial charge in [0.05, 0.1) is 22.8 Å². The second-order valence-corrected chi connectivity index (χ2v) is 4.05. The van der Waals surface area contributed by atoms with Crippen LogP contribution in [0.15, 0.2) is 18.4 Å². The van der Waals surface area contributed by atoms with Crippen LogP contribution in [0.3, 0.4) is 0 Å². The van der Waals surface area contributed by atoms with Crippen molar-refractivity contribution in [1.29, 1.82) is 0 Å². The third-order valence-corrected chi connectivity index (χ3v) is 2.97. The summed E-state index contributed by atoms with van der Waals surface area (Å²) in [4.78, 5) is 8.32. The summed E-state index contributed by atoms with van der Waals surface area (Å²) in [6, 6.07) is 1.76. The number of aromatic nitrogens is 2. The standard InChI is InChI=1S/C9H10N2S/c1-6(2)9-11-7-5-10-4-3-8(7)12-9/h3-6H,1-2H3/i4T. The maximum Gasteiger partial charge on any atom is 0.0998 e. The summed E-state index contributed by atoms with van der Waals surface area (Å²) in [6.45, 7) is 4.24. The molecule has 0 aromatic carbocycles. The molecule has 3 heteroatoms. The molecule has 0 radical (unpaired) electrons. The van der Waals surface area contributed by atoms with Gasteiger partial charge < -0.3 is 0 Å². The fraction of sp³-hybridized carbons (Fsp3) is 0.333. The summed E-state index contributed by atoms with van der Waals surface area (Å²) in [5.41, 5.74) is 0.907. The average molecular weight is 180 g/mol. The summed E-state index contributed by atoms with van der Waals surface area (Å²) in [5.74, 6) is 0.451. The molecule has 0 unspecified atom stereocenters. The van der Waals surface area contributed by atoms with E-state index < -0.39 is 0 Å². The highest BCUT2D eigenvalue weighted by molar-refractivity contribution is 7.18. The highest BCUT2D eigenvalue weighted by atomic mass is 32.1. The van der Waals surface area contributed by atoms with Gasteiger partial charge in [-0.1, -0.05) is 13.8 Å². The zero-order valence-electron chi connectivity index (χ0n) is 8.03. The van der Waals surface area contributed by atoms with Crippen molar-refractivity contribution in [2.75, 3.05) is 0 Å². The molecule has 0 spiro atoms. The van der Waals surface area contributed by atoms with Gasteiger partial charge in [-0.3, -0.25) is 4.98 Å². The first-order chi connectivity index (χ1) is 6.16. The van der Waals surface area contributed by atoms with Gasteiger partial charge in [0.2, 0.25) is 0 Å². The number of fused-ring (bicyclic) bond motifs is 1. The Labute approximate surface area is 76.7 Å². The van der Waals surface area contributed by atoms with E-state index in [4.69, 9.17) is 1.37 Å². The van der Waals surface area contributed by atoms with Gasteiger partial charge in [-0.15, -0.1) is 11.3 Å². The van der Waals surface area contributed by atoms with Gasteiger partial charge in [0.15, 0.2) is 0 Å². The summed E-state index contributed by atoms with van der Waals surface area (Å²) in [6.07, 6.45) is 1.98. The fourth-order valence-electron chi connectivity index (χ4n) is 0.999. The third-order valence-electron chi connectivity index (χ3n) is 1.65. The predicted octanol–water partition coefficient (Wildman–Crippen LogP) is 2.81. The minimum Gasteiger partial charge on any atom is -0.262 e. The van der Waals surface area contributed by atoms with Gasteiger partial charge in [-0.2, -0.15) is 0 Å². The zero-order valence-corrected chi connectivity index (χ0v) is 7.85. The number of pyridine rings is 1. The number of hydrogen-bond donors (Lipinski definition) is 0. The van der Waals surface area contributed by atoms with E-state index in [9.17, 15) is 0 Å². The Morgan fingerprint density at radius 2 is 2.42 bits per heavy atom. The normalized spacial score (nSPS) is 12.4. The summed E-state index contributed by atoms with van der Waals surface area (Å²) in [5, 5.41) is 1.11. The molecule has 0 bridgehead atoms.